The van der Waals surface area contributed by atoms with Crippen molar-refractivity contribution in [1.29, 1.82) is 0 Å². The van der Waals surface area contributed by atoms with E-state index in [0.29, 0.717) is 42.3 Å². The predicted octanol–water partition coefficient (Wildman–Crippen LogP) is 6.48. The first kappa shape index (κ1) is 31.6. The quantitative estimate of drug-likeness (QED) is 0.191. The van der Waals surface area contributed by atoms with Crippen molar-refractivity contribution >= 4 is 23.3 Å². The number of fused-ring (bicyclic) bond motifs is 1. The molecule has 3 atom stereocenters. The average Bonchev–Trinajstić information content (AvgIpc) is 3.04. The molecule has 4 aromatic carbocycles. The minimum absolute atomic E-state index is 0.0774. The molecule has 1 heterocycles. The molecule has 9 nitrogen and oxygen atoms in total. The molecule has 0 spiro atoms. The standard InChI is InChI=1S/C36H40N4O5/c1-25-21-40(26(2)24-41)35(42)31-15-10-16-32(38-36(43)37-28-11-6-4-7-12-28)34(31)45-33(25)23-39(3)22-27-17-19-30(20-18-27)44-29-13-8-5-9-14-29/h4-20,25-26,33,41H,21-24H2,1-3H3,(H2,37,38,43)/t25-,26+,33+/m1/s1. The molecule has 234 valence electrons. The zero-order valence-electron chi connectivity index (χ0n) is 25.9. The molecular formula is C36H40N4O5. The molecule has 0 aromatic heterocycles. The molecule has 9 heteroatoms. The number of ether oxygens (including phenoxy) is 2. The number of hydrogen-bond donors (Lipinski definition) is 3. The number of nitrogens with one attached hydrogen (secondary N) is 2. The van der Waals surface area contributed by atoms with Crippen LogP contribution in [0.3, 0.4) is 0 Å². The Morgan fingerprint density at radius 3 is 2.31 bits per heavy atom. The van der Waals surface area contributed by atoms with Crippen molar-refractivity contribution in [3.63, 3.8) is 0 Å². The molecule has 5 rings (SSSR count). The number of para-hydroxylation sites is 3. The van der Waals surface area contributed by atoms with Crippen molar-refractivity contribution < 1.29 is 24.2 Å². The minimum atomic E-state index is -0.449. The van der Waals surface area contributed by atoms with Crippen LogP contribution in [0.15, 0.2) is 103 Å². The third kappa shape index (κ3) is 8.20. The predicted molar refractivity (Wildman–Crippen MR) is 176 cm³/mol. The van der Waals surface area contributed by atoms with Gasteiger partial charge in [0.15, 0.2) is 5.75 Å². The number of likely N-dealkylation sites (N-methyl/N-ethyl adjacent to an activating group) is 1. The SMILES string of the molecule is C[C@@H]1CN([C@@H](C)CO)C(=O)c2cccc(NC(=O)Nc3ccccc3)c2O[C@H]1CN(C)Cc1ccc(Oc2ccccc2)cc1. The number of hydrogen-bond acceptors (Lipinski definition) is 6. The number of carbonyl (C=O) groups excluding carboxylic acids is 2. The number of anilines is 2. The van der Waals surface area contributed by atoms with E-state index in [9.17, 15) is 14.7 Å². The van der Waals surface area contributed by atoms with Gasteiger partial charge in [-0.2, -0.15) is 0 Å². The summed E-state index contributed by atoms with van der Waals surface area (Å²) in [5.74, 6) is 1.53. The second kappa shape index (κ2) is 14.7. The number of urea groups is 1. The van der Waals surface area contributed by atoms with Gasteiger partial charge in [0.05, 0.1) is 23.9 Å². The lowest BCUT2D eigenvalue weighted by Crippen LogP contribution is -2.49. The van der Waals surface area contributed by atoms with Gasteiger partial charge in [-0.15, -0.1) is 0 Å². The van der Waals surface area contributed by atoms with E-state index < -0.39 is 6.03 Å². The zero-order chi connectivity index (χ0) is 31.8. The van der Waals surface area contributed by atoms with Crippen LogP contribution in [0.25, 0.3) is 0 Å². The Balaban J connectivity index is 1.34. The first-order chi connectivity index (χ1) is 21.8. The molecule has 1 aliphatic rings. The Morgan fingerprint density at radius 1 is 0.956 bits per heavy atom. The molecule has 0 aliphatic carbocycles. The number of aliphatic hydroxyl groups excluding tert-OH is 1. The molecule has 1 aliphatic heterocycles. The van der Waals surface area contributed by atoms with Crippen LogP contribution in [0, 0.1) is 5.92 Å². The van der Waals surface area contributed by atoms with Crippen LogP contribution < -0.4 is 20.1 Å². The highest BCUT2D eigenvalue weighted by molar-refractivity contribution is 6.04. The van der Waals surface area contributed by atoms with Gasteiger partial charge in [0.2, 0.25) is 0 Å². The first-order valence-corrected chi connectivity index (χ1v) is 15.2. The van der Waals surface area contributed by atoms with Crippen molar-refractivity contribution in [3.05, 3.63) is 114 Å². The monoisotopic (exact) mass is 608 g/mol. The summed E-state index contributed by atoms with van der Waals surface area (Å²) >= 11 is 0. The van der Waals surface area contributed by atoms with E-state index in [4.69, 9.17) is 9.47 Å². The van der Waals surface area contributed by atoms with Crippen molar-refractivity contribution in [3.8, 4) is 17.2 Å². The van der Waals surface area contributed by atoms with Crippen LogP contribution in [0.5, 0.6) is 17.2 Å². The molecular weight excluding hydrogens is 568 g/mol. The van der Waals surface area contributed by atoms with Gasteiger partial charge < -0.3 is 30.1 Å². The Morgan fingerprint density at radius 2 is 1.62 bits per heavy atom. The van der Waals surface area contributed by atoms with Crippen LogP contribution in [0.2, 0.25) is 0 Å². The Hall–Kier alpha value is -4.86. The smallest absolute Gasteiger partial charge is 0.323 e. The maximum Gasteiger partial charge on any atom is 0.323 e. The minimum Gasteiger partial charge on any atom is -0.486 e. The molecule has 3 N–H and O–H groups in total. The highest BCUT2D eigenvalue weighted by Crippen LogP contribution is 2.35. The van der Waals surface area contributed by atoms with Crippen molar-refractivity contribution in [2.75, 3.05) is 37.4 Å². The average molecular weight is 609 g/mol. The lowest BCUT2D eigenvalue weighted by atomic mass is 9.99. The van der Waals surface area contributed by atoms with E-state index in [-0.39, 0.29) is 30.6 Å². The number of amides is 3. The Bertz CT molecular complexity index is 1570. The largest absolute Gasteiger partial charge is 0.486 e. The molecule has 0 saturated heterocycles. The first-order valence-electron chi connectivity index (χ1n) is 15.2. The van der Waals surface area contributed by atoms with Crippen LogP contribution in [0.4, 0.5) is 16.2 Å². The number of aliphatic hydroxyl groups is 1. The summed E-state index contributed by atoms with van der Waals surface area (Å²) < 4.78 is 12.6. The van der Waals surface area contributed by atoms with E-state index in [1.165, 1.54) is 0 Å². The van der Waals surface area contributed by atoms with Gasteiger partial charge in [-0.3, -0.25) is 9.69 Å². The number of rotatable bonds is 10. The lowest BCUT2D eigenvalue weighted by Gasteiger charge is -2.38. The number of carbonyl (C=O) groups is 2. The summed E-state index contributed by atoms with van der Waals surface area (Å²) in [5, 5.41) is 15.7. The van der Waals surface area contributed by atoms with Gasteiger partial charge in [-0.25, -0.2) is 4.79 Å². The van der Waals surface area contributed by atoms with Gasteiger partial charge >= 0.3 is 6.03 Å². The van der Waals surface area contributed by atoms with E-state index in [1.807, 2.05) is 93.7 Å². The Kier molecular flexibility index (Phi) is 10.3. The summed E-state index contributed by atoms with van der Waals surface area (Å²) in [6.45, 7) is 5.34. The highest BCUT2D eigenvalue weighted by Gasteiger charge is 2.34. The normalized spacial score (nSPS) is 17.0. The number of nitrogens with zero attached hydrogens (tertiary/aromatic N) is 2. The summed E-state index contributed by atoms with van der Waals surface area (Å²) in [6.07, 6.45) is -0.323. The summed E-state index contributed by atoms with van der Waals surface area (Å²) in [4.78, 5) is 30.6. The highest BCUT2D eigenvalue weighted by atomic mass is 16.5. The van der Waals surface area contributed by atoms with Gasteiger partial charge in [0.1, 0.15) is 17.6 Å². The fourth-order valence-corrected chi connectivity index (χ4v) is 5.34. The fraction of sp³-hybridized carbons (Fsp3) is 0.278. The lowest BCUT2D eigenvalue weighted by molar-refractivity contribution is 0.0343. The van der Waals surface area contributed by atoms with E-state index in [0.717, 1.165) is 17.1 Å². The van der Waals surface area contributed by atoms with Crippen LogP contribution >= 0.6 is 0 Å². The molecule has 0 unspecified atom stereocenters. The molecule has 0 bridgehead atoms. The molecule has 3 amide bonds. The van der Waals surface area contributed by atoms with Crippen molar-refractivity contribution in [2.45, 2.75) is 32.5 Å². The van der Waals surface area contributed by atoms with Gasteiger partial charge in [-0.05, 0) is 68.1 Å². The maximum atomic E-state index is 13.8. The topological polar surface area (TPSA) is 103 Å². The van der Waals surface area contributed by atoms with Crippen LogP contribution in [0.1, 0.15) is 29.8 Å². The molecule has 0 saturated carbocycles. The zero-order valence-corrected chi connectivity index (χ0v) is 25.9. The van der Waals surface area contributed by atoms with Gasteiger partial charge in [0.25, 0.3) is 5.91 Å². The third-order valence-corrected chi connectivity index (χ3v) is 7.82. The molecule has 0 radical (unpaired) electrons. The van der Waals surface area contributed by atoms with Crippen molar-refractivity contribution in [2.24, 2.45) is 5.92 Å². The van der Waals surface area contributed by atoms with Crippen LogP contribution in [-0.2, 0) is 6.54 Å². The molecule has 4 aromatic rings. The summed E-state index contributed by atoms with van der Waals surface area (Å²) in [6, 6.07) is 31.1. The summed E-state index contributed by atoms with van der Waals surface area (Å²) in [7, 11) is 2.03. The fourth-order valence-electron chi connectivity index (χ4n) is 5.34. The molecule has 45 heavy (non-hydrogen) atoms. The Labute approximate surface area is 264 Å². The van der Waals surface area contributed by atoms with Gasteiger partial charge in [0, 0.05) is 31.2 Å². The third-order valence-electron chi connectivity index (χ3n) is 7.82. The second-order valence-corrected chi connectivity index (χ2v) is 11.5. The molecule has 0 fully saturated rings. The van der Waals surface area contributed by atoms with E-state index in [1.54, 1.807) is 35.2 Å². The summed E-state index contributed by atoms with van der Waals surface area (Å²) in [5.41, 5.74) is 2.48. The second-order valence-electron chi connectivity index (χ2n) is 11.5. The maximum absolute atomic E-state index is 13.8. The van der Waals surface area contributed by atoms with Crippen molar-refractivity contribution in [1.82, 2.24) is 9.80 Å². The van der Waals surface area contributed by atoms with E-state index >= 15 is 0 Å². The van der Waals surface area contributed by atoms with Crippen LogP contribution in [-0.4, -0.2) is 65.7 Å². The van der Waals surface area contributed by atoms with Gasteiger partial charge in [-0.1, -0.05) is 61.5 Å². The number of benzene rings is 4. The van der Waals surface area contributed by atoms with E-state index in [2.05, 4.69) is 15.5 Å².